The Morgan fingerprint density at radius 1 is 0.970 bits per heavy atom. The first-order chi connectivity index (χ1) is 31.1. The van der Waals surface area contributed by atoms with Crippen LogP contribution in [0.4, 0.5) is 4.79 Å². The normalized spacial score (nSPS) is 32.7. The van der Waals surface area contributed by atoms with Crippen molar-refractivity contribution >= 4 is 29.8 Å². The van der Waals surface area contributed by atoms with Crippen molar-refractivity contribution in [2.45, 2.75) is 128 Å². The molecule has 16 heteroatoms. The van der Waals surface area contributed by atoms with Gasteiger partial charge in [-0.05, 0) is 76.4 Å². The van der Waals surface area contributed by atoms with Gasteiger partial charge in [0.2, 0.25) is 0 Å². The molecule has 11 atom stereocenters. The van der Waals surface area contributed by atoms with Crippen LogP contribution in [0, 0.1) is 22.7 Å². The number of ether oxygens (including phenoxy) is 7. The number of aliphatic hydroxyl groups excluding tert-OH is 1. The summed E-state index contributed by atoms with van der Waals surface area (Å²) in [6.45, 7) is 16.0. The lowest BCUT2D eigenvalue weighted by Crippen LogP contribution is -2.81. The number of amides is 1. The number of hydrogen-bond donors (Lipinski definition) is 3. The van der Waals surface area contributed by atoms with Crippen molar-refractivity contribution in [3.8, 4) is 0 Å². The fourth-order valence-corrected chi connectivity index (χ4v) is 11.5. The largest absolute Gasteiger partial charge is 0.456 e. The third-order valence-corrected chi connectivity index (χ3v) is 14.8. The van der Waals surface area contributed by atoms with Crippen molar-refractivity contribution in [1.29, 1.82) is 0 Å². The second-order valence-electron chi connectivity index (χ2n) is 20.2. The van der Waals surface area contributed by atoms with E-state index in [1.807, 2.05) is 0 Å². The minimum absolute atomic E-state index is 0.159. The van der Waals surface area contributed by atoms with Crippen LogP contribution in [0.25, 0.3) is 0 Å². The zero-order chi connectivity index (χ0) is 48.0. The molecular weight excluding hydrogens is 853 g/mol. The fraction of sp³-hybridized carbons (Fsp3) is 0.620. The molecule has 66 heavy (non-hydrogen) atoms. The van der Waals surface area contributed by atoms with Gasteiger partial charge in [-0.2, -0.15) is 0 Å². The van der Waals surface area contributed by atoms with E-state index in [0.29, 0.717) is 49.6 Å². The average Bonchev–Trinajstić information content (AvgIpc) is 3.26. The van der Waals surface area contributed by atoms with Gasteiger partial charge in [-0.15, -0.1) is 0 Å². The van der Waals surface area contributed by atoms with Crippen molar-refractivity contribution in [2.24, 2.45) is 22.7 Å². The predicted molar refractivity (Wildman–Crippen MR) is 238 cm³/mol. The van der Waals surface area contributed by atoms with Gasteiger partial charge in [-0.1, -0.05) is 62.4 Å². The Bertz CT molecular complexity index is 2170. The van der Waals surface area contributed by atoms with Crippen LogP contribution in [0.3, 0.4) is 0 Å². The van der Waals surface area contributed by atoms with E-state index in [1.165, 1.54) is 14.0 Å². The van der Waals surface area contributed by atoms with Crippen LogP contribution < -0.4 is 5.32 Å². The molecule has 0 radical (unpaired) electrons. The van der Waals surface area contributed by atoms with E-state index in [4.69, 9.17) is 33.2 Å². The Balaban J connectivity index is 1.40. The molecule has 2 heterocycles. The number of fused-ring (bicyclic) bond motifs is 5. The van der Waals surface area contributed by atoms with E-state index in [-0.39, 0.29) is 37.2 Å². The van der Waals surface area contributed by atoms with Crippen LogP contribution >= 0.6 is 0 Å². The lowest BCUT2D eigenvalue weighted by atomic mass is 9.43. The van der Waals surface area contributed by atoms with Crippen LogP contribution in [-0.2, 0) is 47.5 Å². The number of carbonyl (C=O) groups excluding carboxylic acids is 5. The number of nitrogens with zero attached hydrogens (tertiary/aromatic N) is 1. The lowest BCUT2D eigenvalue weighted by molar-refractivity contribution is -0.347. The molecule has 4 fully saturated rings. The Morgan fingerprint density at radius 3 is 2.18 bits per heavy atom. The molecule has 2 saturated heterocycles. The van der Waals surface area contributed by atoms with Crippen LogP contribution in [0.1, 0.15) is 96.6 Å². The number of benzene rings is 2. The first-order valence-corrected chi connectivity index (χ1v) is 22.9. The van der Waals surface area contributed by atoms with Gasteiger partial charge in [0.25, 0.3) is 0 Å². The number of Topliss-reactive ketones (excluding diaryl/α,β-unsaturated/α-hetero) is 1. The second-order valence-corrected chi connectivity index (χ2v) is 20.2. The number of hydrogen-bond acceptors (Lipinski definition) is 15. The highest BCUT2D eigenvalue weighted by atomic mass is 16.6. The van der Waals surface area contributed by atoms with E-state index in [2.05, 4.69) is 10.2 Å². The van der Waals surface area contributed by atoms with Gasteiger partial charge in [0.15, 0.2) is 11.7 Å². The predicted octanol–water partition coefficient (Wildman–Crippen LogP) is 4.89. The summed E-state index contributed by atoms with van der Waals surface area (Å²) < 4.78 is 42.7. The minimum Gasteiger partial charge on any atom is -0.456 e. The second kappa shape index (κ2) is 18.8. The quantitative estimate of drug-likeness (QED) is 0.147. The summed E-state index contributed by atoms with van der Waals surface area (Å²) in [6.07, 6.45) is -7.40. The maximum absolute atomic E-state index is 16.3. The molecule has 0 aromatic heterocycles. The average molecular weight is 919 g/mol. The van der Waals surface area contributed by atoms with Crippen molar-refractivity contribution in [3.05, 3.63) is 82.9 Å². The Labute approximate surface area is 386 Å². The highest BCUT2D eigenvalue weighted by Gasteiger charge is 2.78. The Kier molecular flexibility index (Phi) is 14.0. The summed E-state index contributed by atoms with van der Waals surface area (Å²) in [5.74, 6) is -5.09. The topological polar surface area (TPSA) is 206 Å². The van der Waals surface area contributed by atoms with E-state index < -0.39 is 100 Å². The molecule has 2 aromatic carbocycles. The van der Waals surface area contributed by atoms with Crippen molar-refractivity contribution < 1.29 is 67.3 Å². The van der Waals surface area contributed by atoms with Crippen LogP contribution in [0.2, 0.25) is 0 Å². The lowest BCUT2D eigenvalue weighted by Gasteiger charge is -2.68. The van der Waals surface area contributed by atoms with E-state index in [1.54, 1.807) is 109 Å². The van der Waals surface area contributed by atoms with Gasteiger partial charge < -0.3 is 48.7 Å². The number of nitrogens with one attached hydrogen (secondary N) is 1. The summed E-state index contributed by atoms with van der Waals surface area (Å²) in [4.78, 5) is 73.9. The first kappa shape index (κ1) is 49.2. The van der Waals surface area contributed by atoms with Gasteiger partial charge in [0.05, 0.1) is 48.9 Å². The first-order valence-electron chi connectivity index (χ1n) is 22.9. The third kappa shape index (κ3) is 8.92. The summed E-state index contributed by atoms with van der Waals surface area (Å²) in [7, 11) is 1.50. The minimum atomic E-state index is -2.18. The number of methoxy groups -OCH3 is 1. The Hall–Kier alpha value is -4.71. The van der Waals surface area contributed by atoms with Gasteiger partial charge in [-0.3, -0.25) is 14.5 Å². The van der Waals surface area contributed by atoms with Gasteiger partial charge in [0.1, 0.15) is 35.3 Å². The third-order valence-electron chi connectivity index (χ3n) is 14.8. The van der Waals surface area contributed by atoms with Crippen LogP contribution in [-0.4, -0.2) is 139 Å². The maximum Gasteiger partial charge on any atom is 0.408 e. The summed E-state index contributed by atoms with van der Waals surface area (Å²) in [5.41, 5.74) is -6.11. The number of rotatable bonds is 12. The molecule has 360 valence electrons. The molecule has 7 rings (SSSR count). The molecule has 16 nitrogen and oxygen atoms in total. The number of morpholine rings is 1. The standard InChI is InChI=1S/C50H66N2O14/c1-29-34(63-44(57)39(54)38(31-16-12-10-13-17-31)51-45(58)66-46(3,4)5)27-50(59)42(64-43(56)32-18-14-11-15-19-32)40-48(8,35(60-9)26-36-49(40,28-62-36)65-30(2)53)41(55)33(37(29)47(50,6)7)20-21-52-22-24-61-25-23-52/h10-19,33-36,38-40,42,54,59H,20-28H2,1-9H3,(H,51,58)/t33-,34+,35+,36-,38+,39-,40+,42+,48-,49+,50-/m1/s1. The van der Waals surface area contributed by atoms with Crippen molar-refractivity contribution in [2.75, 3.05) is 46.6 Å². The van der Waals surface area contributed by atoms with E-state index in [0.717, 1.165) is 0 Å². The molecule has 0 unspecified atom stereocenters. The number of alkyl carbamates (subject to hydrolysis) is 1. The number of aliphatic hydroxyl groups is 2. The Morgan fingerprint density at radius 2 is 1.61 bits per heavy atom. The molecule has 0 spiro atoms. The van der Waals surface area contributed by atoms with E-state index >= 15 is 4.79 Å². The van der Waals surface area contributed by atoms with Crippen LogP contribution in [0.5, 0.6) is 0 Å². The summed E-state index contributed by atoms with van der Waals surface area (Å²) in [6, 6.07) is 15.3. The summed E-state index contributed by atoms with van der Waals surface area (Å²) in [5, 5.41) is 28.6. The zero-order valence-electron chi connectivity index (χ0n) is 39.5. The molecule has 1 amide bonds. The molecule has 2 bridgehead atoms. The SMILES string of the molecule is CO[C@H]1C[C@H]2OC[C@@]2(OC(C)=O)[C@H]2[C@H](OC(=O)c3ccccc3)[C@]3(O)C[C@H](OC(=O)[C@H](O)[C@@H](NC(=O)OC(C)(C)C)c4ccccc4)C(C)=C([C@@H](CCN4CCOCC4)C(=O)[C@]12C)C3(C)C. The van der Waals surface area contributed by atoms with Crippen molar-refractivity contribution in [3.63, 3.8) is 0 Å². The molecule has 2 saturated carbocycles. The molecule has 3 aliphatic carbocycles. The molecule has 2 aliphatic heterocycles. The molecule has 2 aromatic rings. The maximum atomic E-state index is 16.3. The van der Waals surface area contributed by atoms with Crippen LogP contribution in [0.15, 0.2) is 71.8 Å². The van der Waals surface area contributed by atoms with Gasteiger partial charge in [0, 0.05) is 51.3 Å². The van der Waals surface area contributed by atoms with Gasteiger partial charge in [-0.25, -0.2) is 14.4 Å². The number of carbonyl (C=O) groups is 5. The monoisotopic (exact) mass is 918 g/mol. The van der Waals surface area contributed by atoms with Gasteiger partial charge >= 0.3 is 24.0 Å². The highest BCUT2D eigenvalue weighted by molar-refractivity contribution is 5.93. The van der Waals surface area contributed by atoms with Crippen molar-refractivity contribution in [1.82, 2.24) is 10.2 Å². The zero-order valence-corrected chi connectivity index (χ0v) is 39.5. The fourth-order valence-electron chi connectivity index (χ4n) is 11.5. The molecular formula is C50H66N2O14. The highest BCUT2D eigenvalue weighted by Crippen LogP contribution is 2.65. The van der Waals surface area contributed by atoms with E-state index in [9.17, 15) is 29.4 Å². The number of ketones is 1. The smallest absolute Gasteiger partial charge is 0.408 e. The number of esters is 3. The molecule has 3 N–H and O–H groups in total. The molecule has 5 aliphatic rings. The summed E-state index contributed by atoms with van der Waals surface area (Å²) >= 11 is 0.